The SMILES string of the molecule is COc1ccc(C=Nn2c(=O)[nH]nc(-c3ccccc3)c2=O)c(OC)c1OC. The van der Waals surface area contributed by atoms with E-state index in [0.717, 1.165) is 0 Å². The topological polar surface area (TPSA) is 108 Å². The van der Waals surface area contributed by atoms with Crippen LogP contribution >= 0.6 is 0 Å². The van der Waals surface area contributed by atoms with Crippen LogP contribution in [0, 0.1) is 0 Å². The van der Waals surface area contributed by atoms with Crippen LogP contribution in [-0.2, 0) is 0 Å². The van der Waals surface area contributed by atoms with Gasteiger partial charge in [-0.25, -0.2) is 9.89 Å². The molecule has 0 amide bonds. The molecule has 3 rings (SSSR count). The first-order valence-electron chi connectivity index (χ1n) is 8.21. The maximum absolute atomic E-state index is 12.7. The minimum Gasteiger partial charge on any atom is -0.493 e. The van der Waals surface area contributed by atoms with Gasteiger partial charge in [0.1, 0.15) is 0 Å². The van der Waals surface area contributed by atoms with Gasteiger partial charge in [-0.05, 0) is 12.1 Å². The molecule has 0 spiro atoms. The summed E-state index contributed by atoms with van der Waals surface area (Å²) >= 11 is 0. The first-order chi connectivity index (χ1) is 13.6. The van der Waals surface area contributed by atoms with Crippen molar-refractivity contribution in [1.82, 2.24) is 14.9 Å². The van der Waals surface area contributed by atoms with Crippen molar-refractivity contribution in [1.29, 1.82) is 0 Å². The Morgan fingerprint density at radius 1 is 0.964 bits per heavy atom. The molecule has 3 aromatic rings. The average Bonchev–Trinajstić information content (AvgIpc) is 2.73. The third-order valence-electron chi connectivity index (χ3n) is 3.94. The molecule has 2 aromatic carbocycles. The zero-order valence-corrected chi connectivity index (χ0v) is 15.5. The molecule has 144 valence electrons. The molecule has 0 atom stereocenters. The van der Waals surface area contributed by atoms with E-state index in [0.29, 0.717) is 33.1 Å². The maximum atomic E-state index is 12.7. The van der Waals surface area contributed by atoms with Crippen LogP contribution in [0.25, 0.3) is 11.3 Å². The number of ether oxygens (including phenoxy) is 3. The van der Waals surface area contributed by atoms with Crippen molar-refractivity contribution in [3.63, 3.8) is 0 Å². The van der Waals surface area contributed by atoms with E-state index < -0.39 is 11.2 Å². The standard InChI is InChI=1S/C19H18N4O5/c1-26-14-10-9-13(16(27-2)17(14)28-3)11-20-23-18(24)15(21-22-19(23)25)12-7-5-4-6-8-12/h4-11H,1-3H3,(H,22,25). The largest absolute Gasteiger partial charge is 0.493 e. The molecule has 0 unspecified atom stereocenters. The summed E-state index contributed by atoms with van der Waals surface area (Å²) in [6.07, 6.45) is 1.33. The number of H-pyrrole nitrogens is 1. The molecule has 0 aliphatic rings. The molecule has 9 nitrogen and oxygen atoms in total. The number of hydrogen-bond donors (Lipinski definition) is 1. The van der Waals surface area contributed by atoms with E-state index in [1.807, 2.05) is 6.07 Å². The van der Waals surface area contributed by atoms with Crippen LogP contribution < -0.4 is 25.5 Å². The molecule has 0 fully saturated rings. The summed E-state index contributed by atoms with van der Waals surface area (Å²) in [7, 11) is 4.45. The molecule has 0 radical (unpaired) electrons. The lowest BCUT2D eigenvalue weighted by Gasteiger charge is -2.13. The Labute approximate surface area is 159 Å². The summed E-state index contributed by atoms with van der Waals surface area (Å²) in [5.41, 5.74) is -0.274. The number of aromatic amines is 1. The van der Waals surface area contributed by atoms with Gasteiger partial charge in [0.05, 0.1) is 27.5 Å². The van der Waals surface area contributed by atoms with Gasteiger partial charge in [-0.3, -0.25) is 4.79 Å². The normalized spacial score (nSPS) is 10.8. The minimum absolute atomic E-state index is 0.0802. The van der Waals surface area contributed by atoms with E-state index in [-0.39, 0.29) is 5.69 Å². The molecular formula is C19H18N4O5. The predicted octanol–water partition coefficient (Wildman–Crippen LogP) is 1.51. The highest BCUT2D eigenvalue weighted by molar-refractivity contribution is 5.86. The second kappa shape index (κ2) is 8.21. The van der Waals surface area contributed by atoms with Crippen molar-refractivity contribution in [2.45, 2.75) is 0 Å². The third kappa shape index (κ3) is 3.50. The van der Waals surface area contributed by atoms with E-state index in [1.54, 1.807) is 36.4 Å². The maximum Gasteiger partial charge on any atom is 0.365 e. The van der Waals surface area contributed by atoms with Crippen molar-refractivity contribution in [2.24, 2.45) is 5.10 Å². The molecule has 0 saturated carbocycles. The van der Waals surface area contributed by atoms with Crippen LogP contribution in [0.1, 0.15) is 5.56 Å². The smallest absolute Gasteiger partial charge is 0.365 e. The Bertz CT molecular complexity index is 1120. The summed E-state index contributed by atoms with van der Waals surface area (Å²) in [4.78, 5) is 24.8. The molecule has 0 aliphatic carbocycles. The molecule has 0 saturated heterocycles. The first kappa shape index (κ1) is 18.9. The van der Waals surface area contributed by atoms with Crippen molar-refractivity contribution in [3.8, 4) is 28.5 Å². The minimum atomic E-state index is -0.764. The zero-order valence-electron chi connectivity index (χ0n) is 15.5. The molecule has 28 heavy (non-hydrogen) atoms. The van der Waals surface area contributed by atoms with E-state index in [2.05, 4.69) is 15.3 Å². The van der Waals surface area contributed by atoms with Crippen LogP contribution in [0.4, 0.5) is 0 Å². The van der Waals surface area contributed by atoms with Gasteiger partial charge >= 0.3 is 11.2 Å². The van der Waals surface area contributed by atoms with E-state index in [9.17, 15) is 9.59 Å². The van der Waals surface area contributed by atoms with Crippen LogP contribution in [0.5, 0.6) is 17.2 Å². The molecule has 0 bridgehead atoms. The fourth-order valence-corrected chi connectivity index (χ4v) is 2.63. The summed E-state index contributed by atoms with van der Waals surface area (Å²) in [6, 6.07) is 12.1. The summed E-state index contributed by atoms with van der Waals surface area (Å²) in [5.74, 6) is 1.20. The Morgan fingerprint density at radius 2 is 1.68 bits per heavy atom. The molecule has 0 aliphatic heterocycles. The Hall–Kier alpha value is -3.88. The predicted molar refractivity (Wildman–Crippen MR) is 104 cm³/mol. The molecule has 1 N–H and O–H groups in total. The van der Waals surface area contributed by atoms with Crippen molar-refractivity contribution in [2.75, 3.05) is 21.3 Å². The van der Waals surface area contributed by atoms with E-state index >= 15 is 0 Å². The van der Waals surface area contributed by atoms with Gasteiger partial charge in [0.15, 0.2) is 17.2 Å². The molecule has 1 aromatic heterocycles. The molecular weight excluding hydrogens is 364 g/mol. The Morgan fingerprint density at radius 3 is 2.32 bits per heavy atom. The lowest BCUT2D eigenvalue weighted by molar-refractivity contribution is 0.324. The Kier molecular flexibility index (Phi) is 5.54. The van der Waals surface area contributed by atoms with Gasteiger partial charge in [-0.1, -0.05) is 30.3 Å². The number of nitrogens with zero attached hydrogens (tertiary/aromatic N) is 3. The number of hydrogen-bond acceptors (Lipinski definition) is 7. The van der Waals surface area contributed by atoms with Crippen LogP contribution in [-0.4, -0.2) is 42.4 Å². The fourth-order valence-electron chi connectivity index (χ4n) is 2.63. The van der Waals surface area contributed by atoms with Gasteiger partial charge in [0, 0.05) is 11.1 Å². The summed E-state index contributed by atoms with van der Waals surface area (Å²) in [5, 5.41) is 10.1. The number of rotatable bonds is 6. The van der Waals surface area contributed by atoms with E-state index in [1.165, 1.54) is 27.5 Å². The number of benzene rings is 2. The van der Waals surface area contributed by atoms with Crippen molar-refractivity contribution >= 4 is 6.21 Å². The van der Waals surface area contributed by atoms with Crippen molar-refractivity contribution in [3.05, 3.63) is 68.9 Å². The molecule has 1 heterocycles. The van der Waals surface area contributed by atoms with Gasteiger partial charge in [0.25, 0.3) is 0 Å². The van der Waals surface area contributed by atoms with Gasteiger partial charge in [0.2, 0.25) is 5.75 Å². The zero-order chi connectivity index (χ0) is 20.1. The highest BCUT2D eigenvalue weighted by Gasteiger charge is 2.15. The summed E-state index contributed by atoms with van der Waals surface area (Å²) in [6.45, 7) is 0. The van der Waals surface area contributed by atoms with Crippen molar-refractivity contribution < 1.29 is 14.2 Å². The second-order valence-corrected chi connectivity index (χ2v) is 5.53. The lowest BCUT2D eigenvalue weighted by Crippen LogP contribution is -2.34. The van der Waals surface area contributed by atoms with Gasteiger partial charge in [-0.2, -0.15) is 10.2 Å². The number of nitrogens with one attached hydrogen (secondary N) is 1. The van der Waals surface area contributed by atoms with Gasteiger partial charge < -0.3 is 14.2 Å². The number of aromatic nitrogens is 3. The first-order valence-corrected chi connectivity index (χ1v) is 8.21. The van der Waals surface area contributed by atoms with Crippen LogP contribution in [0.3, 0.4) is 0 Å². The average molecular weight is 382 g/mol. The second-order valence-electron chi connectivity index (χ2n) is 5.53. The molecule has 9 heteroatoms. The quantitative estimate of drug-likeness (QED) is 0.648. The highest BCUT2D eigenvalue weighted by atomic mass is 16.5. The van der Waals surface area contributed by atoms with E-state index in [4.69, 9.17) is 14.2 Å². The van der Waals surface area contributed by atoms with Gasteiger partial charge in [-0.15, -0.1) is 4.68 Å². The lowest BCUT2D eigenvalue weighted by atomic mass is 10.2. The number of methoxy groups -OCH3 is 3. The fraction of sp³-hybridized carbons (Fsp3) is 0.158. The monoisotopic (exact) mass is 382 g/mol. The highest BCUT2D eigenvalue weighted by Crippen LogP contribution is 2.38. The summed E-state index contributed by atoms with van der Waals surface area (Å²) < 4.78 is 16.6. The third-order valence-corrected chi connectivity index (χ3v) is 3.94. The van der Waals surface area contributed by atoms with Crippen LogP contribution in [0.2, 0.25) is 0 Å². The Balaban J connectivity index is 2.09. The van der Waals surface area contributed by atoms with Crippen LogP contribution in [0.15, 0.2) is 57.2 Å².